The van der Waals surface area contributed by atoms with Gasteiger partial charge >= 0.3 is 0 Å². The summed E-state index contributed by atoms with van der Waals surface area (Å²) in [5.41, 5.74) is 1.85. The SMILES string of the molecule is CC1(Nc2cccc(C#N)c2)CCNC1. The normalized spacial score (nSPS) is 24.8. The molecule has 0 aliphatic carbocycles. The van der Waals surface area contributed by atoms with Gasteiger partial charge in [0.25, 0.3) is 0 Å². The number of anilines is 1. The van der Waals surface area contributed by atoms with Crippen LogP contribution in [0.25, 0.3) is 0 Å². The predicted octanol–water partition coefficient (Wildman–Crippen LogP) is 1.72. The zero-order valence-electron chi connectivity index (χ0n) is 8.88. The molecule has 0 radical (unpaired) electrons. The number of benzene rings is 1. The van der Waals surface area contributed by atoms with E-state index in [0.717, 1.165) is 25.2 Å². The molecule has 3 heteroatoms. The first kappa shape index (κ1) is 10.0. The molecule has 1 aliphatic heterocycles. The summed E-state index contributed by atoms with van der Waals surface area (Å²) >= 11 is 0. The van der Waals surface area contributed by atoms with E-state index in [1.165, 1.54) is 0 Å². The van der Waals surface area contributed by atoms with Crippen LogP contribution in [0.1, 0.15) is 18.9 Å². The number of nitriles is 1. The summed E-state index contributed by atoms with van der Waals surface area (Å²) in [7, 11) is 0. The highest BCUT2D eigenvalue weighted by Crippen LogP contribution is 2.21. The maximum absolute atomic E-state index is 8.80. The number of hydrogen-bond acceptors (Lipinski definition) is 3. The van der Waals surface area contributed by atoms with Crippen LogP contribution in [-0.4, -0.2) is 18.6 Å². The molecule has 3 nitrogen and oxygen atoms in total. The van der Waals surface area contributed by atoms with E-state index in [1.807, 2.05) is 24.3 Å². The van der Waals surface area contributed by atoms with Gasteiger partial charge in [-0.1, -0.05) is 6.07 Å². The molecule has 2 N–H and O–H groups in total. The van der Waals surface area contributed by atoms with Crippen LogP contribution in [0.3, 0.4) is 0 Å². The molecule has 1 aromatic carbocycles. The second-order valence-corrected chi connectivity index (χ2v) is 4.31. The molecule has 15 heavy (non-hydrogen) atoms. The summed E-state index contributed by atoms with van der Waals surface area (Å²) in [6.45, 7) is 4.23. The van der Waals surface area contributed by atoms with E-state index in [0.29, 0.717) is 5.56 Å². The third-order valence-electron chi connectivity index (χ3n) is 2.81. The number of nitrogens with zero attached hydrogens (tertiary/aromatic N) is 1. The minimum absolute atomic E-state index is 0.119. The average Bonchev–Trinajstić information content (AvgIpc) is 2.65. The highest BCUT2D eigenvalue weighted by atomic mass is 15.1. The fourth-order valence-electron chi connectivity index (χ4n) is 1.94. The van der Waals surface area contributed by atoms with Crippen molar-refractivity contribution in [2.24, 2.45) is 0 Å². The van der Waals surface area contributed by atoms with Crippen molar-refractivity contribution in [2.75, 3.05) is 18.4 Å². The third kappa shape index (κ3) is 2.28. The maximum Gasteiger partial charge on any atom is 0.0992 e. The molecule has 1 aliphatic rings. The van der Waals surface area contributed by atoms with Crippen LogP contribution >= 0.6 is 0 Å². The number of nitrogens with one attached hydrogen (secondary N) is 2. The van der Waals surface area contributed by atoms with E-state index in [2.05, 4.69) is 23.6 Å². The van der Waals surface area contributed by atoms with Crippen molar-refractivity contribution < 1.29 is 0 Å². The molecule has 2 rings (SSSR count). The quantitative estimate of drug-likeness (QED) is 0.766. The summed E-state index contributed by atoms with van der Waals surface area (Å²) < 4.78 is 0. The monoisotopic (exact) mass is 201 g/mol. The van der Waals surface area contributed by atoms with E-state index < -0.39 is 0 Å². The van der Waals surface area contributed by atoms with Gasteiger partial charge in [-0.3, -0.25) is 0 Å². The molecule has 0 saturated carbocycles. The van der Waals surface area contributed by atoms with E-state index in [-0.39, 0.29) is 5.54 Å². The first-order valence-electron chi connectivity index (χ1n) is 5.21. The summed E-state index contributed by atoms with van der Waals surface area (Å²) in [6.07, 6.45) is 1.11. The minimum atomic E-state index is 0.119. The smallest absolute Gasteiger partial charge is 0.0992 e. The van der Waals surface area contributed by atoms with Crippen molar-refractivity contribution in [1.82, 2.24) is 5.32 Å². The topological polar surface area (TPSA) is 47.9 Å². The summed E-state index contributed by atoms with van der Waals surface area (Å²) in [5.74, 6) is 0. The lowest BCUT2D eigenvalue weighted by Crippen LogP contribution is -2.36. The molecule has 0 bridgehead atoms. The first-order chi connectivity index (χ1) is 7.22. The van der Waals surface area contributed by atoms with E-state index in [4.69, 9.17) is 5.26 Å². The van der Waals surface area contributed by atoms with Gasteiger partial charge in [-0.15, -0.1) is 0 Å². The van der Waals surface area contributed by atoms with Crippen molar-refractivity contribution in [3.63, 3.8) is 0 Å². The van der Waals surface area contributed by atoms with Crippen LogP contribution in [0.4, 0.5) is 5.69 Å². The molecule has 1 unspecified atom stereocenters. The van der Waals surface area contributed by atoms with Gasteiger partial charge in [-0.05, 0) is 38.1 Å². The molecule has 1 aromatic rings. The lowest BCUT2D eigenvalue weighted by molar-refractivity contribution is 0.567. The Morgan fingerprint density at radius 1 is 1.53 bits per heavy atom. The minimum Gasteiger partial charge on any atom is -0.379 e. The largest absolute Gasteiger partial charge is 0.379 e. The van der Waals surface area contributed by atoms with Crippen LogP contribution in [0.5, 0.6) is 0 Å². The van der Waals surface area contributed by atoms with Crippen molar-refractivity contribution in [2.45, 2.75) is 18.9 Å². The fourth-order valence-corrected chi connectivity index (χ4v) is 1.94. The van der Waals surface area contributed by atoms with Crippen LogP contribution in [0.15, 0.2) is 24.3 Å². The summed E-state index contributed by atoms with van der Waals surface area (Å²) in [6, 6.07) is 9.78. The van der Waals surface area contributed by atoms with Crippen molar-refractivity contribution in [3.8, 4) is 6.07 Å². The number of hydrogen-bond donors (Lipinski definition) is 2. The van der Waals surface area contributed by atoms with Crippen LogP contribution in [0, 0.1) is 11.3 Å². The third-order valence-corrected chi connectivity index (χ3v) is 2.81. The molecular formula is C12H15N3. The molecule has 1 fully saturated rings. The average molecular weight is 201 g/mol. The summed E-state index contributed by atoms with van der Waals surface area (Å²) in [4.78, 5) is 0. The predicted molar refractivity (Wildman–Crippen MR) is 60.7 cm³/mol. The lowest BCUT2D eigenvalue weighted by Gasteiger charge is -2.25. The Balaban J connectivity index is 2.13. The highest BCUT2D eigenvalue weighted by molar-refractivity contribution is 5.51. The van der Waals surface area contributed by atoms with Gasteiger partial charge in [-0.2, -0.15) is 5.26 Å². The van der Waals surface area contributed by atoms with Gasteiger partial charge in [0.15, 0.2) is 0 Å². The van der Waals surface area contributed by atoms with Crippen LogP contribution in [0.2, 0.25) is 0 Å². The lowest BCUT2D eigenvalue weighted by atomic mass is 10.0. The van der Waals surface area contributed by atoms with Gasteiger partial charge < -0.3 is 10.6 Å². The molecule has 1 heterocycles. The molecule has 1 saturated heterocycles. The zero-order chi connectivity index (χ0) is 10.7. The molecule has 0 spiro atoms. The Hall–Kier alpha value is -1.53. The van der Waals surface area contributed by atoms with Gasteiger partial charge in [0.2, 0.25) is 0 Å². The van der Waals surface area contributed by atoms with Gasteiger partial charge in [0.1, 0.15) is 0 Å². The van der Waals surface area contributed by atoms with Crippen LogP contribution in [-0.2, 0) is 0 Å². The highest BCUT2D eigenvalue weighted by Gasteiger charge is 2.27. The fraction of sp³-hybridized carbons (Fsp3) is 0.417. The molecule has 1 atom stereocenters. The van der Waals surface area contributed by atoms with Gasteiger partial charge in [0, 0.05) is 17.8 Å². The Morgan fingerprint density at radius 3 is 3.07 bits per heavy atom. The standard InChI is InChI=1S/C12H15N3/c1-12(5-6-14-9-12)15-11-4-2-3-10(7-11)8-13/h2-4,7,14-15H,5-6,9H2,1H3. The molecule has 78 valence electrons. The Morgan fingerprint density at radius 2 is 2.40 bits per heavy atom. The second-order valence-electron chi connectivity index (χ2n) is 4.31. The first-order valence-corrected chi connectivity index (χ1v) is 5.21. The number of rotatable bonds is 2. The van der Waals surface area contributed by atoms with Gasteiger partial charge in [-0.25, -0.2) is 0 Å². The van der Waals surface area contributed by atoms with E-state index >= 15 is 0 Å². The second kappa shape index (κ2) is 3.92. The van der Waals surface area contributed by atoms with Crippen molar-refractivity contribution in [1.29, 1.82) is 5.26 Å². The van der Waals surface area contributed by atoms with Crippen molar-refractivity contribution >= 4 is 5.69 Å². The van der Waals surface area contributed by atoms with E-state index in [9.17, 15) is 0 Å². The molecule has 0 aromatic heterocycles. The van der Waals surface area contributed by atoms with Gasteiger partial charge in [0.05, 0.1) is 11.6 Å². The van der Waals surface area contributed by atoms with Crippen LogP contribution < -0.4 is 10.6 Å². The van der Waals surface area contributed by atoms with Crippen molar-refractivity contribution in [3.05, 3.63) is 29.8 Å². The Labute approximate surface area is 90.1 Å². The zero-order valence-corrected chi connectivity index (χ0v) is 8.88. The summed E-state index contributed by atoms with van der Waals surface area (Å²) in [5, 5.41) is 15.6. The molecular weight excluding hydrogens is 186 g/mol. The Bertz CT molecular complexity index is 386. The maximum atomic E-state index is 8.80. The Kier molecular flexibility index (Phi) is 2.61. The molecule has 0 amide bonds. The van der Waals surface area contributed by atoms with E-state index in [1.54, 1.807) is 0 Å².